The van der Waals surface area contributed by atoms with E-state index in [2.05, 4.69) is 16.7 Å². The molecule has 148 valence electrons. The van der Waals surface area contributed by atoms with E-state index in [0.717, 1.165) is 5.56 Å². The summed E-state index contributed by atoms with van der Waals surface area (Å²) in [5.74, 6) is 1.19. The van der Waals surface area contributed by atoms with Gasteiger partial charge in [0.25, 0.3) is 0 Å². The van der Waals surface area contributed by atoms with Gasteiger partial charge in [0.15, 0.2) is 11.5 Å². The highest BCUT2D eigenvalue weighted by atomic mass is 16.5. The Bertz CT molecular complexity index is 845. The van der Waals surface area contributed by atoms with Gasteiger partial charge < -0.3 is 14.8 Å². The Hall–Kier alpha value is -3.04. The van der Waals surface area contributed by atoms with Gasteiger partial charge in [-0.05, 0) is 57.5 Å². The fourth-order valence-electron chi connectivity index (χ4n) is 2.81. The lowest BCUT2D eigenvalue weighted by atomic mass is 10.1. The molecule has 0 aliphatic carbocycles. The number of hydrogen-bond donors (Lipinski definition) is 2. The molecule has 0 bridgehead atoms. The number of nitrogens with zero attached hydrogens (tertiary/aromatic N) is 1. The van der Waals surface area contributed by atoms with Gasteiger partial charge in [-0.25, -0.2) is 0 Å². The van der Waals surface area contributed by atoms with Crippen molar-refractivity contribution in [3.05, 3.63) is 53.6 Å². The highest BCUT2D eigenvalue weighted by Gasteiger charge is 2.18. The van der Waals surface area contributed by atoms with Crippen molar-refractivity contribution in [1.29, 1.82) is 5.26 Å². The average molecular weight is 381 g/mol. The van der Waals surface area contributed by atoms with Crippen molar-refractivity contribution in [3.63, 3.8) is 0 Å². The standard InChI is InChI=1S/C22H27N3O3/c1-5-27-20-12-11-17(13-21(20)28-6-2)15(3)24-16(4)22(26)25-19-10-8-7-9-18(19)14-23/h7-13,15-16,24H,5-6H2,1-4H3,(H,25,26)/t15-,16-/m1/s1. The van der Waals surface area contributed by atoms with Crippen LogP contribution in [-0.4, -0.2) is 25.2 Å². The summed E-state index contributed by atoms with van der Waals surface area (Å²) >= 11 is 0. The minimum absolute atomic E-state index is 0.0816. The molecule has 2 aromatic carbocycles. The Labute approximate surface area is 166 Å². The van der Waals surface area contributed by atoms with Crippen LogP contribution in [0.1, 0.15) is 44.9 Å². The zero-order chi connectivity index (χ0) is 20.5. The molecule has 0 unspecified atom stereocenters. The van der Waals surface area contributed by atoms with Crippen LogP contribution in [0.4, 0.5) is 5.69 Å². The molecule has 2 atom stereocenters. The van der Waals surface area contributed by atoms with E-state index in [1.807, 2.05) is 39.0 Å². The van der Waals surface area contributed by atoms with Crippen LogP contribution in [0.2, 0.25) is 0 Å². The number of carbonyl (C=O) groups excluding carboxylic acids is 1. The Balaban J connectivity index is 2.06. The number of nitriles is 1. The van der Waals surface area contributed by atoms with E-state index in [4.69, 9.17) is 14.7 Å². The molecule has 0 radical (unpaired) electrons. The summed E-state index contributed by atoms with van der Waals surface area (Å²) in [5.41, 5.74) is 1.93. The van der Waals surface area contributed by atoms with Crippen molar-refractivity contribution in [2.45, 2.75) is 39.8 Å². The predicted octanol–water partition coefficient (Wildman–Crippen LogP) is 4.03. The second-order valence-corrected chi connectivity index (χ2v) is 6.33. The summed E-state index contributed by atoms with van der Waals surface area (Å²) in [5, 5.41) is 15.2. The topological polar surface area (TPSA) is 83.4 Å². The molecule has 0 spiro atoms. The first-order chi connectivity index (χ1) is 13.5. The van der Waals surface area contributed by atoms with Crippen molar-refractivity contribution < 1.29 is 14.3 Å². The number of benzene rings is 2. The monoisotopic (exact) mass is 381 g/mol. The van der Waals surface area contributed by atoms with Gasteiger partial charge in [0.2, 0.25) is 5.91 Å². The maximum Gasteiger partial charge on any atom is 0.241 e. The molecule has 6 nitrogen and oxygen atoms in total. The molecule has 0 aromatic heterocycles. The molecular formula is C22H27N3O3. The van der Waals surface area contributed by atoms with Gasteiger partial charge in [-0.3, -0.25) is 10.1 Å². The van der Waals surface area contributed by atoms with Crippen LogP contribution in [0.15, 0.2) is 42.5 Å². The maximum absolute atomic E-state index is 12.5. The zero-order valence-electron chi connectivity index (χ0n) is 16.8. The molecule has 0 aliphatic heterocycles. The third-order valence-electron chi connectivity index (χ3n) is 4.27. The number of rotatable bonds is 9. The van der Waals surface area contributed by atoms with Gasteiger partial charge in [-0.1, -0.05) is 18.2 Å². The van der Waals surface area contributed by atoms with Crippen molar-refractivity contribution in [2.24, 2.45) is 0 Å². The summed E-state index contributed by atoms with van der Waals surface area (Å²) in [7, 11) is 0. The van der Waals surface area contributed by atoms with Gasteiger partial charge in [0, 0.05) is 6.04 Å². The van der Waals surface area contributed by atoms with Gasteiger partial charge in [-0.2, -0.15) is 5.26 Å². The average Bonchev–Trinajstić information content (AvgIpc) is 2.69. The number of hydrogen-bond acceptors (Lipinski definition) is 5. The van der Waals surface area contributed by atoms with E-state index in [1.54, 1.807) is 31.2 Å². The van der Waals surface area contributed by atoms with Gasteiger partial charge in [0.05, 0.1) is 30.5 Å². The normalized spacial score (nSPS) is 12.5. The quantitative estimate of drug-likeness (QED) is 0.685. The lowest BCUT2D eigenvalue weighted by Gasteiger charge is -2.21. The second-order valence-electron chi connectivity index (χ2n) is 6.33. The highest BCUT2D eigenvalue weighted by Crippen LogP contribution is 2.30. The summed E-state index contributed by atoms with van der Waals surface area (Å²) in [6.07, 6.45) is 0. The van der Waals surface area contributed by atoms with Crippen LogP contribution in [-0.2, 0) is 4.79 Å². The molecule has 0 saturated heterocycles. The van der Waals surface area contributed by atoms with Crippen molar-refractivity contribution in [1.82, 2.24) is 5.32 Å². The zero-order valence-corrected chi connectivity index (χ0v) is 16.8. The number of ether oxygens (including phenoxy) is 2. The molecule has 6 heteroatoms. The number of para-hydroxylation sites is 1. The first-order valence-electron chi connectivity index (χ1n) is 9.45. The van der Waals surface area contributed by atoms with Crippen LogP contribution >= 0.6 is 0 Å². The fourth-order valence-corrected chi connectivity index (χ4v) is 2.81. The molecule has 0 aliphatic rings. The summed E-state index contributed by atoms with van der Waals surface area (Å²) in [4.78, 5) is 12.5. The minimum Gasteiger partial charge on any atom is -0.490 e. The number of nitrogens with one attached hydrogen (secondary N) is 2. The smallest absolute Gasteiger partial charge is 0.241 e. The fraction of sp³-hybridized carbons (Fsp3) is 0.364. The van der Waals surface area contributed by atoms with E-state index in [1.165, 1.54) is 0 Å². The largest absolute Gasteiger partial charge is 0.490 e. The predicted molar refractivity (Wildman–Crippen MR) is 110 cm³/mol. The van der Waals surface area contributed by atoms with Crippen molar-refractivity contribution in [2.75, 3.05) is 18.5 Å². The van der Waals surface area contributed by atoms with Crippen LogP contribution in [0.25, 0.3) is 0 Å². The Morgan fingerprint density at radius 3 is 2.43 bits per heavy atom. The van der Waals surface area contributed by atoms with Crippen LogP contribution < -0.4 is 20.1 Å². The first-order valence-corrected chi connectivity index (χ1v) is 9.45. The van der Waals surface area contributed by atoms with E-state index < -0.39 is 6.04 Å². The van der Waals surface area contributed by atoms with E-state index in [0.29, 0.717) is 36.0 Å². The second kappa shape index (κ2) is 10.3. The first kappa shape index (κ1) is 21.3. The summed E-state index contributed by atoms with van der Waals surface area (Å²) in [6.45, 7) is 8.74. The Morgan fingerprint density at radius 1 is 1.07 bits per heavy atom. The minimum atomic E-state index is -0.455. The molecule has 28 heavy (non-hydrogen) atoms. The third-order valence-corrected chi connectivity index (χ3v) is 4.27. The summed E-state index contributed by atoms with van der Waals surface area (Å²) < 4.78 is 11.3. The van der Waals surface area contributed by atoms with Crippen LogP contribution in [0.3, 0.4) is 0 Å². The van der Waals surface area contributed by atoms with Crippen molar-refractivity contribution in [3.8, 4) is 17.6 Å². The van der Waals surface area contributed by atoms with Crippen LogP contribution in [0, 0.1) is 11.3 Å². The van der Waals surface area contributed by atoms with E-state index >= 15 is 0 Å². The van der Waals surface area contributed by atoms with Gasteiger partial charge >= 0.3 is 0 Å². The number of amides is 1. The molecule has 2 aromatic rings. The highest BCUT2D eigenvalue weighted by molar-refractivity contribution is 5.95. The lowest BCUT2D eigenvalue weighted by Crippen LogP contribution is -2.39. The molecule has 1 amide bonds. The molecular weight excluding hydrogens is 354 g/mol. The summed E-state index contributed by atoms with van der Waals surface area (Å²) in [6, 6.07) is 14.3. The van der Waals surface area contributed by atoms with E-state index in [9.17, 15) is 4.79 Å². The molecule has 2 rings (SSSR count). The number of carbonyl (C=O) groups is 1. The van der Waals surface area contributed by atoms with Crippen LogP contribution in [0.5, 0.6) is 11.5 Å². The van der Waals surface area contributed by atoms with E-state index in [-0.39, 0.29) is 11.9 Å². The number of anilines is 1. The molecule has 2 N–H and O–H groups in total. The Morgan fingerprint density at radius 2 is 1.75 bits per heavy atom. The lowest BCUT2D eigenvalue weighted by molar-refractivity contribution is -0.117. The van der Waals surface area contributed by atoms with Crippen molar-refractivity contribution >= 4 is 11.6 Å². The van der Waals surface area contributed by atoms with Gasteiger partial charge in [-0.15, -0.1) is 0 Å². The Kier molecular flexibility index (Phi) is 7.85. The SMILES string of the molecule is CCOc1ccc([C@@H](C)N[C@H](C)C(=O)Nc2ccccc2C#N)cc1OCC. The maximum atomic E-state index is 12.5. The molecule has 0 fully saturated rings. The van der Waals surface area contributed by atoms with Gasteiger partial charge in [0.1, 0.15) is 6.07 Å². The molecule has 0 saturated carbocycles. The molecule has 0 heterocycles. The third kappa shape index (κ3) is 5.48.